The van der Waals surface area contributed by atoms with Crippen molar-refractivity contribution in [3.63, 3.8) is 0 Å². The van der Waals surface area contributed by atoms with Gasteiger partial charge >= 0.3 is 0 Å². The van der Waals surface area contributed by atoms with Gasteiger partial charge in [0.2, 0.25) is 5.91 Å². The number of carbonyl (C=O) groups is 1. The number of nitrogens with zero attached hydrogens (tertiary/aromatic N) is 3. The van der Waals surface area contributed by atoms with Gasteiger partial charge in [-0.25, -0.2) is 0 Å². The first-order valence-electron chi connectivity index (χ1n) is 11.5. The van der Waals surface area contributed by atoms with E-state index in [-0.39, 0.29) is 11.4 Å². The van der Waals surface area contributed by atoms with Crippen molar-refractivity contribution in [3.8, 4) is 5.75 Å². The maximum atomic E-state index is 12.9. The summed E-state index contributed by atoms with van der Waals surface area (Å²) in [5, 5.41) is 13.1. The van der Waals surface area contributed by atoms with Crippen molar-refractivity contribution in [3.05, 3.63) is 35.7 Å². The van der Waals surface area contributed by atoms with Gasteiger partial charge in [0.05, 0.1) is 12.9 Å². The van der Waals surface area contributed by atoms with Crippen molar-refractivity contribution in [2.24, 2.45) is 17.8 Å². The Morgan fingerprint density at radius 1 is 1.13 bits per heavy atom. The van der Waals surface area contributed by atoms with Crippen LogP contribution in [0, 0.1) is 17.8 Å². The fraction of sp³-hybridized carbons (Fsp3) is 0.625. The quantitative estimate of drug-likeness (QED) is 0.627. The minimum Gasteiger partial charge on any atom is -0.497 e. The molecule has 0 radical (unpaired) electrons. The summed E-state index contributed by atoms with van der Waals surface area (Å²) in [7, 11) is 1.67. The van der Waals surface area contributed by atoms with Crippen LogP contribution in [0.3, 0.4) is 0 Å². The standard InChI is InChI=1S/C24H32N4O2S/c1-3-28-21(11-16-4-6-20(30-2)7-5-16)26-27-23(28)31-15-22(29)25-24-12-17-8-18(13-24)10-19(9-17)14-24/h4-7,17-19H,3,8-15H2,1-2H3,(H,25,29). The zero-order chi connectivity index (χ0) is 21.4. The number of nitrogens with one attached hydrogen (secondary N) is 1. The van der Waals surface area contributed by atoms with Crippen molar-refractivity contribution in [1.82, 2.24) is 20.1 Å². The first-order valence-corrected chi connectivity index (χ1v) is 12.5. The summed E-state index contributed by atoms with van der Waals surface area (Å²) in [4.78, 5) is 12.9. The fourth-order valence-electron chi connectivity index (χ4n) is 6.53. The molecule has 7 heteroatoms. The van der Waals surface area contributed by atoms with Crippen LogP contribution in [0.2, 0.25) is 0 Å². The van der Waals surface area contributed by atoms with E-state index in [4.69, 9.17) is 4.74 Å². The number of hydrogen-bond donors (Lipinski definition) is 1. The first kappa shape index (κ1) is 20.9. The van der Waals surface area contributed by atoms with E-state index in [1.54, 1.807) is 7.11 Å². The topological polar surface area (TPSA) is 69.0 Å². The number of ether oxygens (including phenoxy) is 1. The Bertz CT molecular complexity index is 904. The highest BCUT2D eigenvalue weighted by molar-refractivity contribution is 7.99. The van der Waals surface area contributed by atoms with Crippen molar-refractivity contribution in [2.75, 3.05) is 12.9 Å². The molecule has 166 valence electrons. The van der Waals surface area contributed by atoms with Crippen LogP contribution in [0.5, 0.6) is 5.75 Å². The van der Waals surface area contributed by atoms with Crippen LogP contribution in [-0.4, -0.2) is 39.1 Å². The molecule has 0 aliphatic heterocycles. The molecule has 2 aromatic rings. The Labute approximate surface area is 188 Å². The lowest BCUT2D eigenvalue weighted by atomic mass is 9.53. The number of hydrogen-bond acceptors (Lipinski definition) is 5. The third-order valence-corrected chi connectivity index (χ3v) is 8.37. The predicted octanol–water partition coefficient (Wildman–Crippen LogP) is 4.07. The molecule has 1 aromatic heterocycles. The molecule has 0 atom stereocenters. The molecule has 6 rings (SSSR count). The molecule has 4 aliphatic rings. The van der Waals surface area contributed by atoms with Crippen molar-refractivity contribution in [2.45, 2.75) is 69.1 Å². The van der Waals surface area contributed by atoms with Crippen LogP contribution in [0.4, 0.5) is 0 Å². The second-order valence-electron chi connectivity index (χ2n) is 9.70. The molecular formula is C24H32N4O2S. The van der Waals surface area contributed by atoms with Gasteiger partial charge in [-0.3, -0.25) is 4.79 Å². The fourth-order valence-corrected chi connectivity index (χ4v) is 7.35. The monoisotopic (exact) mass is 440 g/mol. The van der Waals surface area contributed by atoms with Crippen LogP contribution in [0.1, 0.15) is 56.8 Å². The Morgan fingerprint density at radius 3 is 2.35 bits per heavy atom. The van der Waals surface area contributed by atoms with Crippen molar-refractivity contribution >= 4 is 17.7 Å². The second-order valence-corrected chi connectivity index (χ2v) is 10.6. The number of carbonyl (C=O) groups excluding carboxylic acids is 1. The predicted molar refractivity (Wildman–Crippen MR) is 121 cm³/mol. The normalized spacial score (nSPS) is 28.6. The van der Waals surface area contributed by atoms with Crippen LogP contribution < -0.4 is 10.1 Å². The number of thioether (sulfide) groups is 1. The zero-order valence-corrected chi connectivity index (χ0v) is 19.3. The van der Waals surface area contributed by atoms with E-state index in [0.717, 1.165) is 41.0 Å². The summed E-state index contributed by atoms with van der Waals surface area (Å²) < 4.78 is 7.35. The largest absolute Gasteiger partial charge is 0.497 e. The van der Waals surface area contributed by atoms with E-state index >= 15 is 0 Å². The van der Waals surface area contributed by atoms with Gasteiger partial charge in [0.25, 0.3) is 0 Å². The highest BCUT2D eigenvalue weighted by Gasteiger charge is 2.51. The minimum atomic E-state index is 0.0738. The molecule has 4 fully saturated rings. The van der Waals surface area contributed by atoms with Gasteiger partial charge in [0.15, 0.2) is 5.16 Å². The molecule has 31 heavy (non-hydrogen) atoms. The Hall–Kier alpha value is -2.02. The lowest BCUT2D eigenvalue weighted by Gasteiger charge is -2.56. The third-order valence-electron chi connectivity index (χ3n) is 7.41. The van der Waals surface area contributed by atoms with Gasteiger partial charge in [-0.1, -0.05) is 23.9 Å². The molecular weight excluding hydrogens is 408 g/mol. The number of methoxy groups -OCH3 is 1. The molecule has 0 saturated heterocycles. The van der Waals surface area contributed by atoms with Crippen LogP contribution in [0.25, 0.3) is 0 Å². The molecule has 1 amide bonds. The zero-order valence-electron chi connectivity index (χ0n) is 18.5. The van der Waals surface area contributed by atoms with Gasteiger partial charge in [0.1, 0.15) is 11.6 Å². The van der Waals surface area contributed by atoms with E-state index in [1.807, 2.05) is 12.1 Å². The smallest absolute Gasteiger partial charge is 0.230 e. The minimum absolute atomic E-state index is 0.0738. The Balaban J connectivity index is 1.20. The van der Waals surface area contributed by atoms with E-state index in [1.165, 1.54) is 55.9 Å². The van der Waals surface area contributed by atoms with Gasteiger partial charge in [-0.15, -0.1) is 10.2 Å². The van der Waals surface area contributed by atoms with Gasteiger partial charge in [0, 0.05) is 18.5 Å². The van der Waals surface area contributed by atoms with E-state index in [0.29, 0.717) is 12.2 Å². The lowest BCUT2D eigenvalue weighted by Crippen LogP contribution is -2.60. The maximum absolute atomic E-state index is 12.9. The summed E-state index contributed by atoms with van der Waals surface area (Å²) in [5.41, 5.74) is 1.24. The number of aromatic nitrogens is 3. The highest BCUT2D eigenvalue weighted by atomic mass is 32.2. The van der Waals surface area contributed by atoms with Crippen molar-refractivity contribution in [1.29, 1.82) is 0 Å². The highest BCUT2D eigenvalue weighted by Crippen LogP contribution is 2.55. The van der Waals surface area contributed by atoms with Crippen LogP contribution >= 0.6 is 11.8 Å². The number of amides is 1. The second kappa shape index (κ2) is 8.49. The summed E-state index contributed by atoms with van der Waals surface area (Å²) in [6, 6.07) is 8.04. The molecule has 0 spiro atoms. The van der Waals surface area contributed by atoms with Crippen LogP contribution in [0.15, 0.2) is 29.4 Å². The third kappa shape index (κ3) is 4.34. The number of benzene rings is 1. The Kier molecular flexibility index (Phi) is 5.71. The number of rotatable bonds is 8. The SMILES string of the molecule is CCn1c(Cc2ccc(OC)cc2)nnc1SCC(=O)NC12CC3CC(CC(C3)C1)C2. The summed E-state index contributed by atoms with van der Waals surface area (Å²) in [6.45, 7) is 2.89. The molecule has 1 aromatic carbocycles. The van der Waals surface area contributed by atoms with E-state index in [2.05, 4.69) is 39.1 Å². The molecule has 1 N–H and O–H groups in total. The van der Waals surface area contributed by atoms with Gasteiger partial charge < -0.3 is 14.6 Å². The van der Waals surface area contributed by atoms with E-state index < -0.39 is 0 Å². The molecule has 1 heterocycles. The average Bonchev–Trinajstić information content (AvgIpc) is 3.13. The summed E-state index contributed by atoms with van der Waals surface area (Å²) in [5.74, 6) is 4.84. The molecule has 6 nitrogen and oxygen atoms in total. The molecule has 4 bridgehead atoms. The van der Waals surface area contributed by atoms with E-state index in [9.17, 15) is 4.79 Å². The van der Waals surface area contributed by atoms with Crippen LogP contribution in [-0.2, 0) is 17.8 Å². The molecule has 4 saturated carbocycles. The average molecular weight is 441 g/mol. The molecule has 4 aliphatic carbocycles. The lowest BCUT2D eigenvalue weighted by molar-refractivity contribution is -0.124. The van der Waals surface area contributed by atoms with Gasteiger partial charge in [-0.2, -0.15) is 0 Å². The summed E-state index contributed by atoms with van der Waals surface area (Å²) in [6.07, 6.45) is 8.44. The Morgan fingerprint density at radius 2 is 1.77 bits per heavy atom. The van der Waals surface area contributed by atoms with Crippen molar-refractivity contribution < 1.29 is 9.53 Å². The van der Waals surface area contributed by atoms with Gasteiger partial charge in [-0.05, 0) is 80.9 Å². The maximum Gasteiger partial charge on any atom is 0.230 e. The summed E-state index contributed by atoms with van der Waals surface area (Å²) >= 11 is 1.50. The molecule has 0 unspecified atom stereocenters. The first-order chi connectivity index (χ1) is 15.1.